The monoisotopic (exact) mass is 510 g/mol. The average Bonchev–Trinajstić information content (AvgIpc) is 2.63. The van der Waals surface area contributed by atoms with E-state index in [0.717, 1.165) is 30.9 Å². The number of aliphatic imine (C=N–C) groups is 1. The first-order valence-corrected chi connectivity index (χ1v) is 10.0. The first-order valence-electron chi connectivity index (χ1n) is 8.54. The van der Waals surface area contributed by atoms with Crippen LogP contribution in [0, 0.1) is 0 Å². The van der Waals surface area contributed by atoms with Crippen LogP contribution < -0.4 is 10.0 Å². The van der Waals surface area contributed by atoms with Crippen LogP contribution >= 0.6 is 24.0 Å². The fraction of sp³-hybridized carbons (Fsp3) is 0.500. The van der Waals surface area contributed by atoms with E-state index in [2.05, 4.69) is 26.5 Å². The summed E-state index contributed by atoms with van der Waals surface area (Å²) in [7, 11) is 1.76. The Labute approximate surface area is 180 Å². The summed E-state index contributed by atoms with van der Waals surface area (Å²) in [6.07, 6.45) is 3.89. The van der Waals surface area contributed by atoms with Crippen molar-refractivity contribution in [1.29, 1.82) is 0 Å². The van der Waals surface area contributed by atoms with Gasteiger partial charge in [-0.25, -0.2) is 13.1 Å². The summed E-state index contributed by atoms with van der Waals surface area (Å²) in [5.41, 5.74) is 0.974. The van der Waals surface area contributed by atoms with E-state index in [4.69, 9.17) is 4.74 Å². The summed E-state index contributed by atoms with van der Waals surface area (Å²) in [6.45, 7) is 5.76. The van der Waals surface area contributed by atoms with E-state index in [1.807, 2.05) is 13.1 Å². The minimum atomic E-state index is -3.50. The molecule has 0 aromatic heterocycles. The first-order chi connectivity index (χ1) is 12.4. The minimum Gasteiger partial charge on any atom is -0.383 e. The van der Waals surface area contributed by atoms with Crippen LogP contribution in [0.15, 0.2) is 46.8 Å². The number of allylic oxidation sites excluding steroid dienone is 1. The molecule has 1 rings (SSSR count). The van der Waals surface area contributed by atoms with E-state index < -0.39 is 10.0 Å². The number of sulfonamides is 1. The lowest BCUT2D eigenvalue weighted by Crippen LogP contribution is -2.38. The maximum absolute atomic E-state index is 12.1. The number of hydrogen-bond acceptors (Lipinski definition) is 4. The van der Waals surface area contributed by atoms with Crippen molar-refractivity contribution < 1.29 is 13.2 Å². The molecule has 27 heavy (non-hydrogen) atoms. The molecule has 0 unspecified atom stereocenters. The van der Waals surface area contributed by atoms with E-state index in [0.29, 0.717) is 13.2 Å². The van der Waals surface area contributed by atoms with Crippen LogP contribution in [0.5, 0.6) is 0 Å². The van der Waals surface area contributed by atoms with Crippen LogP contribution in [0.1, 0.15) is 18.4 Å². The van der Waals surface area contributed by atoms with Gasteiger partial charge < -0.3 is 15.0 Å². The van der Waals surface area contributed by atoms with Crippen molar-refractivity contribution >= 4 is 40.0 Å². The molecule has 0 atom stereocenters. The number of nitrogens with zero attached hydrogens (tertiary/aromatic N) is 2. The lowest BCUT2D eigenvalue weighted by Gasteiger charge is -2.22. The van der Waals surface area contributed by atoms with Crippen molar-refractivity contribution in [2.45, 2.75) is 24.3 Å². The van der Waals surface area contributed by atoms with Crippen molar-refractivity contribution in [2.24, 2.45) is 4.99 Å². The molecule has 0 aliphatic rings. The standard InChI is InChI=1S/C18H30N4O3S.HI/c1-5-6-7-13-22(3)18(19-2)20-15-16-8-10-17(11-9-16)26(23,24)21-12-14-25-4;/h5,8-11,21H,1,6-7,12-15H2,2-4H3,(H,19,20);1H. The van der Waals surface area contributed by atoms with Crippen molar-refractivity contribution in [3.8, 4) is 0 Å². The van der Waals surface area contributed by atoms with Crippen molar-refractivity contribution in [3.63, 3.8) is 0 Å². The Bertz CT molecular complexity index is 678. The number of methoxy groups -OCH3 is 1. The predicted molar refractivity (Wildman–Crippen MR) is 121 cm³/mol. The molecule has 0 amide bonds. The molecule has 0 aliphatic heterocycles. The Morgan fingerprint density at radius 3 is 2.56 bits per heavy atom. The largest absolute Gasteiger partial charge is 0.383 e. The molecule has 2 N–H and O–H groups in total. The maximum atomic E-state index is 12.1. The van der Waals surface area contributed by atoms with Gasteiger partial charge in [-0.15, -0.1) is 30.6 Å². The molecule has 0 spiro atoms. The fourth-order valence-electron chi connectivity index (χ4n) is 2.29. The Morgan fingerprint density at radius 1 is 1.33 bits per heavy atom. The molecule has 0 aliphatic carbocycles. The second kappa shape index (κ2) is 13.9. The first kappa shape index (κ1) is 25.8. The zero-order valence-corrected chi connectivity index (χ0v) is 19.4. The maximum Gasteiger partial charge on any atom is 0.240 e. The molecule has 1 aromatic carbocycles. The van der Waals surface area contributed by atoms with Crippen molar-refractivity contribution in [3.05, 3.63) is 42.5 Å². The van der Waals surface area contributed by atoms with Crippen molar-refractivity contribution in [2.75, 3.05) is 40.9 Å². The van der Waals surface area contributed by atoms with E-state index in [-0.39, 0.29) is 35.4 Å². The average molecular weight is 510 g/mol. The Morgan fingerprint density at radius 2 is 2.00 bits per heavy atom. The highest BCUT2D eigenvalue weighted by Crippen LogP contribution is 2.10. The molecule has 0 heterocycles. The van der Waals surface area contributed by atoms with Gasteiger partial charge in [-0.2, -0.15) is 0 Å². The predicted octanol–water partition coefficient (Wildman–Crippen LogP) is 2.20. The molecule has 0 fully saturated rings. The number of rotatable bonds is 11. The quantitative estimate of drug-likeness (QED) is 0.157. The summed E-state index contributed by atoms with van der Waals surface area (Å²) >= 11 is 0. The van der Waals surface area contributed by atoms with E-state index in [1.54, 1.807) is 31.3 Å². The lowest BCUT2D eigenvalue weighted by atomic mass is 10.2. The molecule has 0 radical (unpaired) electrons. The number of unbranched alkanes of at least 4 members (excludes halogenated alkanes) is 1. The molecule has 1 aromatic rings. The van der Waals surface area contributed by atoms with Crippen LogP contribution in [0.25, 0.3) is 0 Å². The highest BCUT2D eigenvalue weighted by molar-refractivity contribution is 14.0. The molecule has 0 bridgehead atoms. The number of hydrogen-bond donors (Lipinski definition) is 2. The molecule has 0 saturated heterocycles. The van der Waals surface area contributed by atoms with Crippen LogP contribution in [0.3, 0.4) is 0 Å². The van der Waals surface area contributed by atoms with Crippen LogP contribution in [-0.4, -0.2) is 60.2 Å². The molecular weight excluding hydrogens is 479 g/mol. The van der Waals surface area contributed by atoms with Gasteiger partial charge in [-0.05, 0) is 30.5 Å². The SMILES string of the molecule is C=CCCCN(C)C(=NC)NCc1ccc(S(=O)(=O)NCCOC)cc1.I. The van der Waals surface area contributed by atoms with Crippen LogP contribution in [0.2, 0.25) is 0 Å². The summed E-state index contributed by atoms with van der Waals surface area (Å²) in [5.74, 6) is 0.798. The van der Waals surface area contributed by atoms with Gasteiger partial charge in [0.05, 0.1) is 11.5 Å². The van der Waals surface area contributed by atoms with Crippen LogP contribution in [-0.2, 0) is 21.3 Å². The van der Waals surface area contributed by atoms with Gasteiger partial charge in [0.2, 0.25) is 10.0 Å². The summed E-state index contributed by atoms with van der Waals surface area (Å²) in [5, 5.41) is 3.28. The third-order valence-electron chi connectivity index (χ3n) is 3.76. The lowest BCUT2D eigenvalue weighted by molar-refractivity contribution is 0.204. The van der Waals surface area contributed by atoms with E-state index in [1.165, 1.54) is 7.11 Å². The van der Waals surface area contributed by atoms with Crippen LogP contribution in [0.4, 0.5) is 0 Å². The Balaban J connectivity index is 0.00000676. The van der Waals surface area contributed by atoms with Gasteiger partial charge >= 0.3 is 0 Å². The third kappa shape index (κ3) is 9.54. The number of halogens is 1. The Hall–Kier alpha value is -1.17. The van der Waals surface area contributed by atoms with Gasteiger partial charge in [-0.1, -0.05) is 18.2 Å². The molecule has 9 heteroatoms. The number of nitrogens with one attached hydrogen (secondary N) is 2. The smallest absolute Gasteiger partial charge is 0.240 e. The van der Waals surface area contributed by atoms with Gasteiger partial charge in [0, 0.05) is 40.8 Å². The third-order valence-corrected chi connectivity index (χ3v) is 5.23. The second-order valence-electron chi connectivity index (χ2n) is 5.79. The van der Waals surface area contributed by atoms with Gasteiger partial charge in [0.15, 0.2) is 5.96 Å². The highest BCUT2D eigenvalue weighted by atomic mass is 127. The fourth-order valence-corrected chi connectivity index (χ4v) is 3.31. The zero-order valence-electron chi connectivity index (χ0n) is 16.3. The number of ether oxygens (including phenoxy) is 1. The Kier molecular flexibility index (Phi) is 13.3. The molecule has 154 valence electrons. The zero-order chi connectivity index (χ0) is 19.4. The normalized spacial score (nSPS) is 11.6. The number of guanidine groups is 1. The minimum absolute atomic E-state index is 0. The molecule has 7 nitrogen and oxygen atoms in total. The van der Waals surface area contributed by atoms with Crippen molar-refractivity contribution in [1.82, 2.24) is 14.9 Å². The van der Waals surface area contributed by atoms with Gasteiger partial charge in [0.1, 0.15) is 0 Å². The highest BCUT2D eigenvalue weighted by Gasteiger charge is 2.13. The summed E-state index contributed by atoms with van der Waals surface area (Å²) < 4.78 is 31.6. The molecular formula is C18H31IN4O3S. The van der Waals surface area contributed by atoms with Gasteiger partial charge in [-0.3, -0.25) is 4.99 Å². The topological polar surface area (TPSA) is 83.0 Å². The van der Waals surface area contributed by atoms with E-state index >= 15 is 0 Å². The number of benzene rings is 1. The molecule has 0 saturated carbocycles. The van der Waals surface area contributed by atoms with E-state index in [9.17, 15) is 8.42 Å². The summed E-state index contributed by atoms with van der Waals surface area (Å²) in [4.78, 5) is 6.57. The summed E-state index contributed by atoms with van der Waals surface area (Å²) in [6, 6.07) is 6.79. The second-order valence-corrected chi connectivity index (χ2v) is 7.55. The van der Waals surface area contributed by atoms with Gasteiger partial charge in [0.25, 0.3) is 0 Å².